The maximum absolute atomic E-state index is 11.4. The maximum Gasteiger partial charge on any atom is 0.221 e. The third-order valence-electron chi connectivity index (χ3n) is 2.24. The van der Waals surface area contributed by atoms with Crippen LogP contribution in [-0.4, -0.2) is 11.4 Å². The molecule has 0 radical (unpaired) electrons. The largest absolute Gasteiger partial charge is 0.338 e. The van der Waals surface area contributed by atoms with Crippen molar-refractivity contribution in [2.75, 3.05) is 0 Å². The van der Waals surface area contributed by atoms with Crippen LogP contribution in [0.5, 0.6) is 0 Å². The molecular weight excluding hydrogens is 188 g/mol. The molecule has 1 amide bonds. The van der Waals surface area contributed by atoms with E-state index in [0.717, 1.165) is 12.8 Å². The van der Waals surface area contributed by atoms with Crippen LogP contribution >= 0.6 is 0 Å². The van der Waals surface area contributed by atoms with Gasteiger partial charge in [-0.1, -0.05) is 32.6 Å². The standard InChI is InChI=1S/C12H22N2O/c1-4-5-6-7-8-9-11(15)14-12(2,3)10-13/h4-9H2,1-3H3,(H,14,15). The SMILES string of the molecule is CCCCCCCC(=O)NC(C)(C)C#N. The Morgan fingerprint density at radius 3 is 2.40 bits per heavy atom. The van der Waals surface area contributed by atoms with Gasteiger partial charge >= 0.3 is 0 Å². The molecule has 3 nitrogen and oxygen atoms in total. The van der Waals surface area contributed by atoms with E-state index in [4.69, 9.17) is 5.26 Å². The van der Waals surface area contributed by atoms with Crippen LogP contribution in [0, 0.1) is 11.3 Å². The Balaban J connectivity index is 3.55. The van der Waals surface area contributed by atoms with Crippen molar-refractivity contribution >= 4 is 5.91 Å². The van der Waals surface area contributed by atoms with Crippen molar-refractivity contribution in [3.63, 3.8) is 0 Å². The minimum absolute atomic E-state index is 0.0157. The summed E-state index contributed by atoms with van der Waals surface area (Å²) >= 11 is 0. The van der Waals surface area contributed by atoms with E-state index < -0.39 is 5.54 Å². The molecule has 0 aromatic carbocycles. The van der Waals surface area contributed by atoms with E-state index in [1.807, 2.05) is 0 Å². The number of rotatable bonds is 7. The second-order valence-electron chi connectivity index (χ2n) is 4.45. The normalized spacial score (nSPS) is 10.8. The molecule has 0 unspecified atom stereocenters. The Kier molecular flexibility index (Phi) is 6.77. The lowest BCUT2D eigenvalue weighted by molar-refractivity contribution is -0.122. The zero-order valence-electron chi connectivity index (χ0n) is 10.1. The second-order valence-corrected chi connectivity index (χ2v) is 4.45. The van der Waals surface area contributed by atoms with Crippen LogP contribution in [0.1, 0.15) is 59.3 Å². The number of unbranched alkanes of at least 4 members (excludes halogenated alkanes) is 4. The number of hydrogen-bond acceptors (Lipinski definition) is 2. The van der Waals surface area contributed by atoms with Crippen LogP contribution in [0.25, 0.3) is 0 Å². The molecule has 0 aromatic heterocycles. The summed E-state index contributed by atoms with van der Waals surface area (Å²) in [7, 11) is 0. The van der Waals surface area contributed by atoms with Gasteiger partial charge in [0.15, 0.2) is 0 Å². The van der Waals surface area contributed by atoms with Crippen molar-refractivity contribution in [2.24, 2.45) is 0 Å². The molecule has 0 spiro atoms. The first-order chi connectivity index (χ1) is 7.02. The summed E-state index contributed by atoms with van der Waals surface area (Å²) in [5.41, 5.74) is -0.736. The summed E-state index contributed by atoms with van der Waals surface area (Å²) in [6.45, 7) is 5.59. The molecule has 0 heterocycles. The third-order valence-corrected chi connectivity index (χ3v) is 2.24. The van der Waals surface area contributed by atoms with E-state index >= 15 is 0 Å². The van der Waals surface area contributed by atoms with Gasteiger partial charge < -0.3 is 5.32 Å². The predicted octanol–water partition coefficient (Wildman–Crippen LogP) is 2.77. The topological polar surface area (TPSA) is 52.9 Å². The Labute approximate surface area is 92.9 Å². The average molecular weight is 210 g/mol. The van der Waals surface area contributed by atoms with Crippen LogP contribution in [0.4, 0.5) is 0 Å². The Bertz CT molecular complexity index is 228. The van der Waals surface area contributed by atoms with Crippen LogP contribution in [0.2, 0.25) is 0 Å². The second kappa shape index (κ2) is 7.28. The monoisotopic (exact) mass is 210 g/mol. The number of nitrogens with zero attached hydrogens (tertiary/aromatic N) is 1. The number of nitrogens with one attached hydrogen (secondary N) is 1. The first kappa shape index (κ1) is 14.0. The molecular formula is C12H22N2O. The fourth-order valence-electron chi connectivity index (χ4n) is 1.33. The molecule has 0 saturated heterocycles. The van der Waals surface area contributed by atoms with Gasteiger partial charge in [0, 0.05) is 6.42 Å². The van der Waals surface area contributed by atoms with E-state index in [1.54, 1.807) is 13.8 Å². The highest BCUT2D eigenvalue weighted by molar-refractivity contribution is 5.77. The van der Waals surface area contributed by atoms with Gasteiger partial charge in [0.1, 0.15) is 5.54 Å². The zero-order valence-corrected chi connectivity index (χ0v) is 10.1. The Hall–Kier alpha value is -1.04. The number of amides is 1. The smallest absolute Gasteiger partial charge is 0.221 e. The molecule has 0 atom stereocenters. The fraction of sp³-hybridized carbons (Fsp3) is 0.833. The van der Waals surface area contributed by atoms with Crippen molar-refractivity contribution in [2.45, 2.75) is 64.8 Å². The first-order valence-corrected chi connectivity index (χ1v) is 5.74. The van der Waals surface area contributed by atoms with Gasteiger partial charge in [-0.2, -0.15) is 5.26 Å². The minimum Gasteiger partial charge on any atom is -0.338 e. The van der Waals surface area contributed by atoms with Gasteiger partial charge in [-0.3, -0.25) is 4.79 Å². The number of carbonyl (C=O) groups is 1. The van der Waals surface area contributed by atoms with E-state index in [9.17, 15) is 4.79 Å². The quantitative estimate of drug-likeness (QED) is 0.657. The van der Waals surface area contributed by atoms with E-state index in [0.29, 0.717) is 6.42 Å². The highest BCUT2D eigenvalue weighted by Gasteiger charge is 2.18. The lowest BCUT2D eigenvalue weighted by atomic mass is 10.1. The van der Waals surface area contributed by atoms with Gasteiger partial charge in [-0.05, 0) is 20.3 Å². The van der Waals surface area contributed by atoms with Gasteiger partial charge in [0.05, 0.1) is 6.07 Å². The molecule has 0 bridgehead atoms. The zero-order chi connectivity index (χ0) is 11.7. The molecule has 0 fully saturated rings. The molecule has 0 rings (SSSR count). The summed E-state index contributed by atoms with van der Waals surface area (Å²) in [4.78, 5) is 11.4. The molecule has 1 N–H and O–H groups in total. The van der Waals surface area contributed by atoms with Crippen molar-refractivity contribution in [3.8, 4) is 6.07 Å². The average Bonchev–Trinajstić information content (AvgIpc) is 2.17. The molecule has 0 aliphatic carbocycles. The molecule has 0 aliphatic heterocycles. The van der Waals surface area contributed by atoms with Crippen LogP contribution in [-0.2, 0) is 4.79 Å². The summed E-state index contributed by atoms with van der Waals surface area (Å²) in [6, 6.07) is 2.05. The lowest BCUT2D eigenvalue weighted by Gasteiger charge is -2.17. The highest BCUT2D eigenvalue weighted by atomic mass is 16.1. The summed E-state index contributed by atoms with van der Waals surface area (Å²) < 4.78 is 0. The molecule has 0 aliphatic rings. The highest BCUT2D eigenvalue weighted by Crippen LogP contribution is 2.06. The van der Waals surface area contributed by atoms with Gasteiger partial charge in [-0.15, -0.1) is 0 Å². The summed E-state index contributed by atoms with van der Waals surface area (Å²) in [6.07, 6.45) is 6.22. The first-order valence-electron chi connectivity index (χ1n) is 5.74. The van der Waals surface area contributed by atoms with Crippen LogP contribution in [0.3, 0.4) is 0 Å². The molecule has 86 valence electrons. The predicted molar refractivity (Wildman–Crippen MR) is 61.2 cm³/mol. The van der Waals surface area contributed by atoms with Gasteiger partial charge in [-0.25, -0.2) is 0 Å². The third kappa shape index (κ3) is 7.99. The van der Waals surface area contributed by atoms with E-state index in [-0.39, 0.29) is 5.91 Å². The summed E-state index contributed by atoms with van der Waals surface area (Å²) in [5.74, 6) is -0.0157. The molecule has 0 saturated carbocycles. The van der Waals surface area contributed by atoms with Gasteiger partial charge in [0.25, 0.3) is 0 Å². The minimum atomic E-state index is -0.736. The maximum atomic E-state index is 11.4. The number of carbonyl (C=O) groups excluding carboxylic acids is 1. The Morgan fingerprint density at radius 1 is 1.27 bits per heavy atom. The number of nitriles is 1. The van der Waals surface area contributed by atoms with Crippen molar-refractivity contribution < 1.29 is 4.79 Å². The van der Waals surface area contributed by atoms with Crippen LogP contribution < -0.4 is 5.32 Å². The molecule has 3 heteroatoms. The van der Waals surface area contributed by atoms with Crippen molar-refractivity contribution in [3.05, 3.63) is 0 Å². The van der Waals surface area contributed by atoms with E-state index in [2.05, 4.69) is 18.3 Å². The molecule has 0 aromatic rings. The lowest BCUT2D eigenvalue weighted by Crippen LogP contribution is -2.41. The number of hydrogen-bond donors (Lipinski definition) is 1. The summed E-state index contributed by atoms with van der Waals surface area (Å²) in [5, 5.41) is 11.4. The van der Waals surface area contributed by atoms with Crippen molar-refractivity contribution in [1.29, 1.82) is 5.26 Å². The van der Waals surface area contributed by atoms with Gasteiger partial charge in [0.2, 0.25) is 5.91 Å². The Morgan fingerprint density at radius 2 is 1.87 bits per heavy atom. The van der Waals surface area contributed by atoms with Crippen molar-refractivity contribution in [1.82, 2.24) is 5.32 Å². The van der Waals surface area contributed by atoms with E-state index in [1.165, 1.54) is 19.3 Å². The fourth-order valence-corrected chi connectivity index (χ4v) is 1.33. The molecule has 15 heavy (non-hydrogen) atoms. The van der Waals surface area contributed by atoms with Crippen LogP contribution in [0.15, 0.2) is 0 Å².